The lowest BCUT2D eigenvalue weighted by molar-refractivity contribution is -0.146. The topological polar surface area (TPSA) is 75.3 Å². The molecule has 0 bridgehead atoms. The molecule has 2 aromatic carbocycles. The van der Waals surface area contributed by atoms with Crippen LogP contribution >= 0.6 is 11.6 Å². The molecular formula is C18H13ClF2N2O3. The van der Waals surface area contributed by atoms with Gasteiger partial charge in [0.2, 0.25) is 0 Å². The number of carbonyl (C=O) groups excluding carboxylic acids is 3. The summed E-state index contributed by atoms with van der Waals surface area (Å²) in [5, 5.41) is 4.81. The molecule has 2 aromatic rings. The molecule has 1 aliphatic heterocycles. The van der Waals surface area contributed by atoms with Crippen molar-refractivity contribution in [2.45, 2.75) is 12.3 Å². The van der Waals surface area contributed by atoms with Gasteiger partial charge in [-0.1, -0.05) is 23.7 Å². The second-order valence-corrected chi connectivity index (χ2v) is 6.19. The Labute approximate surface area is 152 Å². The molecule has 0 aliphatic carbocycles. The standard InChI is InChI=1S/C18H13ClF2N2O3/c19-12-4-1-10(2-5-12)7-8-22-15(24)11-3-6-13-14(9-11)18(20,21)17(26)23-16(13)25/h1-6,9H,7-8H2,(H,22,24)(H,23,25,26). The number of hydrogen-bond acceptors (Lipinski definition) is 3. The molecule has 26 heavy (non-hydrogen) atoms. The highest BCUT2D eigenvalue weighted by Crippen LogP contribution is 2.34. The summed E-state index contributed by atoms with van der Waals surface area (Å²) < 4.78 is 28.0. The molecule has 8 heteroatoms. The Bertz CT molecular complexity index is 898. The van der Waals surface area contributed by atoms with Gasteiger partial charge in [0.1, 0.15) is 0 Å². The van der Waals surface area contributed by atoms with E-state index >= 15 is 0 Å². The maximum atomic E-state index is 14.0. The van der Waals surface area contributed by atoms with Gasteiger partial charge in [-0.05, 0) is 42.3 Å². The Morgan fingerprint density at radius 2 is 1.81 bits per heavy atom. The first-order valence-corrected chi connectivity index (χ1v) is 8.07. The van der Waals surface area contributed by atoms with E-state index in [-0.39, 0.29) is 17.7 Å². The Morgan fingerprint density at radius 3 is 2.50 bits per heavy atom. The maximum absolute atomic E-state index is 14.0. The highest BCUT2D eigenvalue weighted by molar-refractivity contribution is 6.30. The summed E-state index contributed by atoms with van der Waals surface area (Å²) in [4.78, 5) is 35.2. The maximum Gasteiger partial charge on any atom is 0.351 e. The van der Waals surface area contributed by atoms with E-state index in [2.05, 4.69) is 5.32 Å². The number of hydrogen-bond donors (Lipinski definition) is 2. The number of alkyl halides is 2. The summed E-state index contributed by atoms with van der Waals surface area (Å²) >= 11 is 5.79. The Balaban J connectivity index is 1.72. The quantitative estimate of drug-likeness (QED) is 0.803. The average Bonchev–Trinajstić information content (AvgIpc) is 2.61. The van der Waals surface area contributed by atoms with Crippen molar-refractivity contribution in [1.82, 2.24) is 10.6 Å². The fraction of sp³-hybridized carbons (Fsp3) is 0.167. The number of carbonyl (C=O) groups is 3. The Kier molecular flexibility index (Phi) is 4.73. The summed E-state index contributed by atoms with van der Waals surface area (Å²) in [7, 11) is 0. The summed E-state index contributed by atoms with van der Waals surface area (Å²) in [5.74, 6) is -7.06. The zero-order valence-electron chi connectivity index (χ0n) is 13.3. The van der Waals surface area contributed by atoms with E-state index in [4.69, 9.17) is 11.6 Å². The van der Waals surface area contributed by atoms with Crippen molar-refractivity contribution >= 4 is 29.3 Å². The lowest BCUT2D eigenvalue weighted by Crippen LogP contribution is -2.47. The van der Waals surface area contributed by atoms with Crippen LogP contribution < -0.4 is 10.6 Å². The van der Waals surface area contributed by atoms with Gasteiger partial charge in [0.15, 0.2) is 0 Å². The van der Waals surface area contributed by atoms with Gasteiger partial charge in [-0.15, -0.1) is 0 Å². The summed E-state index contributed by atoms with van der Waals surface area (Å²) in [6.07, 6.45) is 0.533. The van der Waals surface area contributed by atoms with Crippen LogP contribution in [0.15, 0.2) is 42.5 Å². The molecule has 2 N–H and O–H groups in total. The van der Waals surface area contributed by atoms with Gasteiger partial charge in [-0.2, -0.15) is 8.78 Å². The smallest absolute Gasteiger partial charge is 0.351 e. The molecular weight excluding hydrogens is 366 g/mol. The molecule has 0 saturated carbocycles. The van der Waals surface area contributed by atoms with Crippen LogP contribution in [-0.4, -0.2) is 24.3 Å². The molecule has 0 atom stereocenters. The van der Waals surface area contributed by atoms with E-state index in [1.807, 2.05) is 12.1 Å². The van der Waals surface area contributed by atoms with Crippen molar-refractivity contribution in [3.8, 4) is 0 Å². The van der Waals surface area contributed by atoms with Crippen LogP contribution in [0, 0.1) is 0 Å². The molecule has 134 valence electrons. The predicted molar refractivity (Wildman–Crippen MR) is 90.3 cm³/mol. The van der Waals surface area contributed by atoms with Gasteiger partial charge in [0.25, 0.3) is 11.8 Å². The van der Waals surface area contributed by atoms with E-state index in [9.17, 15) is 23.2 Å². The monoisotopic (exact) mass is 378 g/mol. The second kappa shape index (κ2) is 6.84. The summed E-state index contributed by atoms with van der Waals surface area (Å²) in [5.41, 5.74) is -0.195. The van der Waals surface area contributed by atoms with Crippen molar-refractivity contribution in [3.05, 3.63) is 69.7 Å². The van der Waals surface area contributed by atoms with Crippen LogP contribution in [0.1, 0.15) is 31.8 Å². The van der Waals surface area contributed by atoms with E-state index in [1.165, 1.54) is 6.07 Å². The summed E-state index contributed by atoms with van der Waals surface area (Å²) in [6, 6.07) is 10.3. The molecule has 3 rings (SSSR count). The van der Waals surface area contributed by atoms with Gasteiger partial charge in [-0.3, -0.25) is 19.7 Å². The van der Waals surface area contributed by atoms with Crippen LogP contribution in [0.5, 0.6) is 0 Å². The number of rotatable bonds is 4. The number of imide groups is 1. The third kappa shape index (κ3) is 3.43. The molecule has 0 saturated heterocycles. The van der Waals surface area contributed by atoms with E-state index in [0.717, 1.165) is 17.7 Å². The SMILES string of the molecule is O=C(NCCc1ccc(Cl)cc1)c1ccc2c(c1)C(F)(F)C(=O)NC2=O. The van der Waals surface area contributed by atoms with Gasteiger partial charge < -0.3 is 5.32 Å². The highest BCUT2D eigenvalue weighted by atomic mass is 35.5. The number of benzene rings is 2. The minimum Gasteiger partial charge on any atom is -0.352 e. The van der Waals surface area contributed by atoms with Gasteiger partial charge in [0.05, 0.1) is 0 Å². The van der Waals surface area contributed by atoms with Crippen molar-refractivity contribution in [1.29, 1.82) is 0 Å². The van der Waals surface area contributed by atoms with E-state index in [0.29, 0.717) is 11.4 Å². The molecule has 0 aromatic heterocycles. The van der Waals surface area contributed by atoms with Gasteiger partial charge >= 0.3 is 11.8 Å². The van der Waals surface area contributed by atoms with Crippen molar-refractivity contribution in [2.75, 3.05) is 6.54 Å². The van der Waals surface area contributed by atoms with E-state index in [1.54, 1.807) is 17.4 Å². The first-order chi connectivity index (χ1) is 12.3. The first-order valence-electron chi connectivity index (χ1n) is 7.70. The van der Waals surface area contributed by atoms with Crippen LogP contribution in [0.4, 0.5) is 8.78 Å². The molecule has 0 spiro atoms. The largest absolute Gasteiger partial charge is 0.352 e. The minimum absolute atomic E-state index is 0.0537. The first kappa shape index (κ1) is 18.0. The lowest BCUT2D eigenvalue weighted by atomic mass is 9.94. The normalized spacial score (nSPS) is 15.2. The van der Waals surface area contributed by atoms with Crippen LogP contribution in [0.3, 0.4) is 0 Å². The van der Waals surface area contributed by atoms with Gasteiger partial charge in [-0.25, -0.2) is 0 Å². The molecule has 0 fully saturated rings. The number of fused-ring (bicyclic) bond motifs is 1. The predicted octanol–water partition coefficient (Wildman–Crippen LogP) is 2.67. The van der Waals surface area contributed by atoms with Crippen LogP contribution in [0.25, 0.3) is 0 Å². The molecule has 5 nitrogen and oxygen atoms in total. The highest BCUT2D eigenvalue weighted by Gasteiger charge is 2.48. The van der Waals surface area contributed by atoms with Crippen LogP contribution in [-0.2, 0) is 17.1 Å². The molecule has 1 aliphatic rings. The van der Waals surface area contributed by atoms with E-state index < -0.39 is 29.2 Å². The number of nitrogens with one attached hydrogen (secondary N) is 2. The zero-order chi connectivity index (χ0) is 18.9. The third-order valence-corrected chi connectivity index (χ3v) is 4.24. The van der Waals surface area contributed by atoms with Crippen molar-refractivity contribution < 1.29 is 23.2 Å². The Hall–Kier alpha value is -2.80. The molecule has 0 radical (unpaired) electrons. The summed E-state index contributed by atoms with van der Waals surface area (Å²) in [6.45, 7) is 0.285. The van der Waals surface area contributed by atoms with Crippen LogP contribution in [0.2, 0.25) is 5.02 Å². The second-order valence-electron chi connectivity index (χ2n) is 5.75. The molecule has 3 amide bonds. The van der Waals surface area contributed by atoms with Gasteiger partial charge in [0, 0.05) is 28.3 Å². The fourth-order valence-corrected chi connectivity index (χ4v) is 2.71. The van der Waals surface area contributed by atoms with Crippen molar-refractivity contribution in [3.63, 3.8) is 0 Å². The minimum atomic E-state index is -3.87. The third-order valence-electron chi connectivity index (χ3n) is 3.99. The Morgan fingerprint density at radius 1 is 1.12 bits per heavy atom. The lowest BCUT2D eigenvalue weighted by Gasteiger charge is -2.24. The fourth-order valence-electron chi connectivity index (χ4n) is 2.59. The number of halogens is 3. The average molecular weight is 379 g/mol. The number of amides is 3. The molecule has 1 heterocycles. The molecule has 0 unspecified atom stereocenters. The zero-order valence-corrected chi connectivity index (χ0v) is 14.1. The van der Waals surface area contributed by atoms with Crippen molar-refractivity contribution in [2.24, 2.45) is 0 Å².